The lowest BCUT2D eigenvalue weighted by Crippen LogP contribution is -2.09. The number of hydrogen-bond donors (Lipinski definition) is 0. The SMILES string of the molecule is c1ccc(-c2ccc(-c3ccccc3)c(-c3ccc(-c4ccc(N(c5ccccc5)c5ccc(-c6cc(-c7ccccc7)ccc6-c6ccccc6)cc5)cc4)cc3)c2)cc1. The van der Waals surface area contributed by atoms with E-state index in [1.165, 1.54) is 77.9 Å². The lowest BCUT2D eigenvalue weighted by Gasteiger charge is -2.26. The first-order chi connectivity index (χ1) is 30.2. The molecule has 10 aromatic rings. The Hall–Kier alpha value is -8.00. The predicted molar refractivity (Wildman–Crippen MR) is 259 cm³/mol. The molecule has 10 rings (SSSR count). The largest absolute Gasteiger partial charge is 0.311 e. The van der Waals surface area contributed by atoms with Gasteiger partial charge >= 0.3 is 0 Å². The molecule has 0 bridgehead atoms. The molecule has 0 unspecified atom stereocenters. The molecule has 1 heteroatoms. The van der Waals surface area contributed by atoms with E-state index in [2.05, 4.69) is 266 Å². The van der Waals surface area contributed by atoms with Crippen LogP contribution in [0.3, 0.4) is 0 Å². The topological polar surface area (TPSA) is 3.24 Å². The van der Waals surface area contributed by atoms with Gasteiger partial charge in [0.2, 0.25) is 0 Å². The van der Waals surface area contributed by atoms with Crippen molar-refractivity contribution in [1.29, 1.82) is 0 Å². The normalized spacial score (nSPS) is 11.0. The fourth-order valence-corrected chi connectivity index (χ4v) is 8.38. The van der Waals surface area contributed by atoms with Gasteiger partial charge in [-0.15, -0.1) is 0 Å². The first-order valence-corrected chi connectivity index (χ1v) is 20.9. The molecule has 10 aromatic carbocycles. The highest BCUT2D eigenvalue weighted by Gasteiger charge is 2.16. The molecule has 0 fully saturated rings. The van der Waals surface area contributed by atoms with Crippen LogP contribution in [0.2, 0.25) is 0 Å². The first kappa shape index (κ1) is 37.3. The third kappa shape index (κ3) is 7.93. The van der Waals surface area contributed by atoms with Crippen LogP contribution in [0.25, 0.3) is 77.9 Å². The zero-order chi connectivity index (χ0) is 40.8. The summed E-state index contributed by atoms with van der Waals surface area (Å²) in [4.78, 5) is 2.33. The van der Waals surface area contributed by atoms with Crippen molar-refractivity contribution < 1.29 is 0 Å². The van der Waals surface area contributed by atoms with E-state index in [1.807, 2.05) is 0 Å². The quantitative estimate of drug-likeness (QED) is 0.134. The zero-order valence-corrected chi connectivity index (χ0v) is 33.8. The molecule has 0 amide bonds. The Morgan fingerprint density at radius 3 is 0.803 bits per heavy atom. The van der Waals surface area contributed by atoms with Crippen LogP contribution in [0.4, 0.5) is 17.1 Å². The van der Waals surface area contributed by atoms with Gasteiger partial charge in [0.25, 0.3) is 0 Å². The average Bonchev–Trinajstić information content (AvgIpc) is 3.36. The second-order valence-corrected chi connectivity index (χ2v) is 15.3. The van der Waals surface area contributed by atoms with Gasteiger partial charge in [0.05, 0.1) is 0 Å². The van der Waals surface area contributed by atoms with Crippen LogP contribution in [0.5, 0.6) is 0 Å². The van der Waals surface area contributed by atoms with Crippen molar-refractivity contribution in [3.8, 4) is 77.9 Å². The molecule has 0 radical (unpaired) electrons. The van der Waals surface area contributed by atoms with E-state index < -0.39 is 0 Å². The van der Waals surface area contributed by atoms with Crippen LogP contribution in [-0.4, -0.2) is 0 Å². The molecule has 0 aromatic heterocycles. The van der Waals surface area contributed by atoms with Crippen LogP contribution in [0.15, 0.2) is 261 Å². The average molecular weight is 778 g/mol. The van der Waals surface area contributed by atoms with Crippen molar-refractivity contribution in [3.05, 3.63) is 261 Å². The monoisotopic (exact) mass is 777 g/mol. The van der Waals surface area contributed by atoms with Gasteiger partial charge in [0, 0.05) is 17.1 Å². The molecular formula is C60H43N. The predicted octanol–water partition coefficient (Wildman–Crippen LogP) is 16.8. The van der Waals surface area contributed by atoms with Crippen molar-refractivity contribution in [2.75, 3.05) is 4.90 Å². The number of rotatable bonds is 10. The summed E-state index contributed by atoms with van der Waals surface area (Å²) in [7, 11) is 0. The van der Waals surface area contributed by atoms with E-state index in [0.29, 0.717) is 0 Å². The van der Waals surface area contributed by atoms with Crippen LogP contribution in [0, 0.1) is 0 Å². The fourth-order valence-electron chi connectivity index (χ4n) is 8.38. The molecule has 0 aliphatic heterocycles. The van der Waals surface area contributed by atoms with Crippen LogP contribution in [0.1, 0.15) is 0 Å². The van der Waals surface area contributed by atoms with Gasteiger partial charge in [-0.3, -0.25) is 0 Å². The van der Waals surface area contributed by atoms with Gasteiger partial charge in [-0.2, -0.15) is 0 Å². The second-order valence-electron chi connectivity index (χ2n) is 15.3. The van der Waals surface area contributed by atoms with Crippen LogP contribution < -0.4 is 4.90 Å². The summed E-state index contributed by atoms with van der Waals surface area (Å²) in [6.07, 6.45) is 0. The molecule has 0 aliphatic rings. The van der Waals surface area contributed by atoms with Gasteiger partial charge in [-0.1, -0.05) is 212 Å². The third-order valence-corrected chi connectivity index (χ3v) is 11.5. The van der Waals surface area contributed by atoms with E-state index in [0.717, 1.165) is 17.1 Å². The van der Waals surface area contributed by atoms with Crippen molar-refractivity contribution in [1.82, 2.24) is 0 Å². The number of benzene rings is 10. The van der Waals surface area contributed by atoms with Gasteiger partial charge < -0.3 is 4.90 Å². The lowest BCUT2D eigenvalue weighted by molar-refractivity contribution is 1.28. The molecule has 0 saturated heterocycles. The number of anilines is 3. The molecule has 61 heavy (non-hydrogen) atoms. The molecule has 0 saturated carbocycles. The third-order valence-electron chi connectivity index (χ3n) is 11.5. The maximum absolute atomic E-state index is 2.33. The molecule has 0 aliphatic carbocycles. The first-order valence-electron chi connectivity index (χ1n) is 20.9. The van der Waals surface area contributed by atoms with Gasteiger partial charge in [0.15, 0.2) is 0 Å². The Bertz CT molecular complexity index is 3000. The summed E-state index contributed by atoms with van der Waals surface area (Å²) in [5.74, 6) is 0. The summed E-state index contributed by atoms with van der Waals surface area (Å²) in [5, 5.41) is 0. The Kier molecular flexibility index (Phi) is 10.4. The highest BCUT2D eigenvalue weighted by molar-refractivity contribution is 5.90. The number of hydrogen-bond acceptors (Lipinski definition) is 1. The van der Waals surface area contributed by atoms with Crippen LogP contribution >= 0.6 is 0 Å². The van der Waals surface area contributed by atoms with E-state index in [9.17, 15) is 0 Å². The Labute approximate surface area is 359 Å². The molecule has 1 nitrogen and oxygen atoms in total. The summed E-state index contributed by atoms with van der Waals surface area (Å²) in [6.45, 7) is 0. The van der Waals surface area contributed by atoms with Crippen molar-refractivity contribution in [2.45, 2.75) is 0 Å². The van der Waals surface area contributed by atoms with E-state index in [-0.39, 0.29) is 0 Å². The van der Waals surface area contributed by atoms with Gasteiger partial charge in [-0.25, -0.2) is 0 Å². The number of nitrogens with zero attached hydrogens (tertiary/aromatic N) is 1. The summed E-state index contributed by atoms with van der Waals surface area (Å²) < 4.78 is 0. The Morgan fingerprint density at radius 2 is 0.410 bits per heavy atom. The number of para-hydroxylation sites is 1. The summed E-state index contributed by atoms with van der Waals surface area (Å²) in [5.41, 5.74) is 20.1. The molecule has 0 atom stereocenters. The Balaban J connectivity index is 0.968. The van der Waals surface area contributed by atoms with E-state index >= 15 is 0 Å². The molecule has 0 N–H and O–H groups in total. The molecule has 288 valence electrons. The van der Waals surface area contributed by atoms with E-state index in [1.54, 1.807) is 0 Å². The molecule has 0 heterocycles. The molecule has 0 spiro atoms. The van der Waals surface area contributed by atoms with Gasteiger partial charge in [-0.05, 0) is 126 Å². The summed E-state index contributed by atoms with van der Waals surface area (Å²) in [6, 6.07) is 93.9. The Morgan fingerprint density at radius 1 is 0.164 bits per heavy atom. The highest BCUT2D eigenvalue weighted by atomic mass is 15.1. The smallest absolute Gasteiger partial charge is 0.0462 e. The highest BCUT2D eigenvalue weighted by Crippen LogP contribution is 2.41. The zero-order valence-electron chi connectivity index (χ0n) is 33.8. The minimum absolute atomic E-state index is 1.10. The maximum Gasteiger partial charge on any atom is 0.0462 e. The minimum atomic E-state index is 1.10. The van der Waals surface area contributed by atoms with Crippen LogP contribution in [-0.2, 0) is 0 Å². The second kappa shape index (κ2) is 17.1. The summed E-state index contributed by atoms with van der Waals surface area (Å²) >= 11 is 0. The fraction of sp³-hybridized carbons (Fsp3) is 0. The van der Waals surface area contributed by atoms with Crippen molar-refractivity contribution in [3.63, 3.8) is 0 Å². The molecular weight excluding hydrogens is 735 g/mol. The van der Waals surface area contributed by atoms with E-state index in [4.69, 9.17) is 0 Å². The maximum atomic E-state index is 2.33. The lowest BCUT2D eigenvalue weighted by atomic mass is 9.90. The minimum Gasteiger partial charge on any atom is -0.311 e. The standard InChI is InChI=1S/C60H43N/c1-6-16-44(17-7-1)52-34-40-57(48-20-10-3-11-21-48)59(42-52)50-28-26-46(27-29-50)47-30-36-55(37-31-47)61(54-24-14-5-15-25-54)56-38-32-51(33-39-56)60-43-53(45-18-8-2-9-19-45)35-41-58(60)49-22-12-4-13-23-49/h1-43H. The van der Waals surface area contributed by atoms with Gasteiger partial charge in [0.1, 0.15) is 0 Å². The van der Waals surface area contributed by atoms with Crippen molar-refractivity contribution in [2.24, 2.45) is 0 Å². The van der Waals surface area contributed by atoms with Crippen molar-refractivity contribution >= 4 is 17.1 Å².